The van der Waals surface area contributed by atoms with Crippen molar-refractivity contribution in [1.82, 2.24) is 0 Å². The first kappa shape index (κ1) is 29.3. The van der Waals surface area contributed by atoms with Crippen molar-refractivity contribution in [3.05, 3.63) is 115 Å². The van der Waals surface area contributed by atoms with E-state index >= 15 is 0 Å². The Morgan fingerprint density at radius 1 is 0.732 bits per heavy atom. The summed E-state index contributed by atoms with van der Waals surface area (Å²) in [6.45, 7) is 0. The number of carbonyl (C=O) groups is 3. The van der Waals surface area contributed by atoms with Gasteiger partial charge in [-0.1, -0.05) is 82.8 Å². The van der Waals surface area contributed by atoms with Crippen LogP contribution < -0.4 is 10.2 Å². The highest BCUT2D eigenvalue weighted by atomic mass is 35.5. The summed E-state index contributed by atoms with van der Waals surface area (Å²) < 4.78 is 0. The predicted octanol–water partition coefficient (Wildman–Crippen LogP) is 8.81. The number of carbonyl (C=O) groups excluding carboxylic acids is 2. The fourth-order valence-electron chi connectivity index (χ4n) is 4.63. The van der Waals surface area contributed by atoms with E-state index in [0.717, 1.165) is 40.2 Å². The van der Waals surface area contributed by atoms with Crippen molar-refractivity contribution >= 4 is 93.0 Å². The molecule has 5 rings (SSSR count). The van der Waals surface area contributed by atoms with E-state index < -0.39 is 23.0 Å². The zero-order valence-corrected chi connectivity index (χ0v) is 24.9. The first-order valence-corrected chi connectivity index (χ1v) is 14.8. The number of hydrogen-bond donors (Lipinski definition) is 2. The lowest BCUT2D eigenvalue weighted by molar-refractivity contribution is -0.115. The molecular weight excluding hydrogens is 626 g/mol. The number of aryl methyl sites for hydroxylation is 2. The van der Waals surface area contributed by atoms with E-state index in [9.17, 15) is 19.5 Å². The Kier molecular flexibility index (Phi) is 8.82. The normalized spacial score (nSPS) is 12.2. The van der Waals surface area contributed by atoms with Crippen LogP contribution in [0.3, 0.4) is 0 Å². The molecule has 1 aliphatic heterocycles. The SMILES string of the molecule is O=C(O)c1c(Cl)c(Cl)c(Cl)c(Cl)c1C(=O)Nc1ccc(SCC(=O)N2c3ccccc3CCc3ccccc32)cc1. The van der Waals surface area contributed by atoms with Gasteiger partial charge in [0.1, 0.15) is 0 Å². The van der Waals surface area contributed by atoms with Crippen LogP contribution in [0.2, 0.25) is 20.1 Å². The number of anilines is 3. The number of nitrogens with one attached hydrogen (secondary N) is 1. The minimum atomic E-state index is -1.48. The molecule has 2 amide bonds. The van der Waals surface area contributed by atoms with Crippen molar-refractivity contribution in [1.29, 1.82) is 0 Å². The smallest absolute Gasteiger partial charge is 0.338 e. The third-order valence-electron chi connectivity index (χ3n) is 6.56. The van der Waals surface area contributed by atoms with Gasteiger partial charge in [0, 0.05) is 10.6 Å². The number of halogens is 4. The maximum Gasteiger partial charge on any atom is 0.338 e. The van der Waals surface area contributed by atoms with Crippen molar-refractivity contribution in [3.8, 4) is 0 Å². The first-order chi connectivity index (χ1) is 19.7. The molecule has 0 fully saturated rings. The van der Waals surface area contributed by atoms with Gasteiger partial charge in [0.2, 0.25) is 5.91 Å². The Hall–Kier alpha value is -3.20. The van der Waals surface area contributed by atoms with Crippen LogP contribution in [0.4, 0.5) is 17.1 Å². The Bertz CT molecular complexity index is 1650. The van der Waals surface area contributed by atoms with Crippen molar-refractivity contribution in [3.63, 3.8) is 0 Å². The summed E-state index contributed by atoms with van der Waals surface area (Å²) in [4.78, 5) is 41.0. The van der Waals surface area contributed by atoms with Gasteiger partial charge in [0.05, 0.1) is 48.3 Å². The van der Waals surface area contributed by atoms with E-state index in [2.05, 4.69) is 17.4 Å². The standard InChI is InChI=1S/C30H20Cl4N2O4S/c31-25-23(24(30(39)40)26(32)28(34)27(25)33)29(38)35-18-11-13-19(14-12-18)41-15-22(37)36-20-7-3-1-5-16(20)9-10-17-6-2-4-8-21(17)36/h1-8,11-14H,9-10,15H2,(H,35,38)(H,39,40). The Labute approximate surface area is 260 Å². The molecule has 0 bridgehead atoms. The lowest BCUT2D eigenvalue weighted by Gasteiger charge is -2.25. The van der Waals surface area contributed by atoms with Gasteiger partial charge in [-0.2, -0.15) is 0 Å². The van der Waals surface area contributed by atoms with E-state index in [1.807, 2.05) is 36.4 Å². The summed E-state index contributed by atoms with van der Waals surface area (Å²) in [5, 5.41) is 11.0. The molecule has 0 saturated heterocycles. The minimum Gasteiger partial charge on any atom is -0.478 e. The lowest BCUT2D eigenvalue weighted by atomic mass is 10.0. The highest BCUT2D eigenvalue weighted by Gasteiger charge is 2.29. The summed E-state index contributed by atoms with van der Waals surface area (Å²) >= 11 is 25.6. The van der Waals surface area contributed by atoms with E-state index in [-0.39, 0.29) is 31.8 Å². The number of rotatable bonds is 6. The van der Waals surface area contributed by atoms with Gasteiger partial charge in [0.15, 0.2) is 0 Å². The molecule has 4 aromatic rings. The van der Waals surface area contributed by atoms with Crippen molar-refractivity contribution < 1.29 is 19.5 Å². The summed E-state index contributed by atoms with van der Waals surface area (Å²) in [6, 6.07) is 22.7. The fraction of sp³-hybridized carbons (Fsp3) is 0.100. The number of para-hydroxylation sites is 2. The molecule has 0 unspecified atom stereocenters. The molecule has 4 aromatic carbocycles. The third kappa shape index (κ3) is 5.92. The van der Waals surface area contributed by atoms with Crippen LogP contribution in [0.1, 0.15) is 31.8 Å². The summed E-state index contributed by atoms with van der Waals surface area (Å²) in [5.74, 6) is -2.16. The number of amides is 2. The molecule has 41 heavy (non-hydrogen) atoms. The average Bonchev–Trinajstić information content (AvgIpc) is 3.14. The van der Waals surface area contributed by atoms with E-state index in [4.69, 9.17) is 46.4 Å². The monoisotopic (exact) mass is 644 g/mol. The summed E-state index contributed by atoms with van der Waals surface area (Å²) in [7, 11) is 0. The maximum absolute atomic E-state index is 13.6. The Morgan fingerprint density at radius 2 is 1.24 bits per heavy atom. The number of benzene rings is 4. The second-order valence-corrected chi connectivity index (χ2v) is 11.6. The third-order valence-corrected chi connectivity index (χ3v) is 9.36. The number of fused-ring (bicyclic) bond motifs is 2. The Balaban J connectivity index is 1.32. The summed E-state index contributed by atoms with van der Waals surface area (Å²) in [6.07, 6.45) is 1.70. The molecule has 0 atom stereocenters. The van der Waals surface area contributed by atoms with E-state index in [1.165, 1.54) is 11.8 Å². The van der Waals surface area contributed by atoms with E-state index in [1.54, 1.807) is 29.2 Å². The van der Waals surface area contributed by atoms with Crippen LogP contribution in [0.25, 0.3) is 0 Å². The van der Waals surface area contributed by atoms with Crippen LogP contribution in [-0.4, -0.2) is 28.6 Å². The highest BCUT2D eigenvalue weighted by Crippen LogP contribution is 2.42. The molecule has 2 N–H and O–H groups in total. The molecule has 1 aliphatic rings. The second kappa shape index (κ2) is 12.3. The molecule has 0 aliphatic carbocycles. The molecule has 0 aromatic heterocycles. The van der Waals surface area contributed by atoms with Gasteiger partial charge in [0.25, 0.3) is 5.91 Å². The largest absolute Gasteiger partial charge is 0.478 e. The predicted molar refractivity (Wildman–Crippen MR) is 166 cm³/mol. The number of nitrogens with zero attached hydrogens (tertiary/aromatic N) is 1. The highest BCUT2D eigenvalue weighted by molar-refractivity contribution is 8.00. The molecule has 11 heteroatoms. The van der Waals surface area contributed by atoms with Gasteiger partial charge < -0.3 is 10.4 Å². The van der Waals surface area contributed by atoms with Crippen LogP contribution >= 0.6 is 58.2 Å². The molecule has 1 heterocycles. The number of hydrogen-bond acceptors (Lipinski definition) is 4. The number of thioether (sulfide) groups is 1. The molecule has 0 radical (unpaired) electrons. The van der Waals surface area contributed by atoms with Gasteiger partial charge in [-0.05, 0) is 60.4 Å². The number of carboxylic acid groups (broad SMARTS) is 1. The van der Waals surface area contributed by atoms with Gasteiger partial charge in [-0.15, -0.1) is 11.8 Å². The molecule has 0 spiro atoms. The topological polar surface area (TPSA) is 86.7 Å². The van der Waals surface area contributed by atoms with Crippen LogP contribution in [0.5, 0.6) is 0 Å². The van der Waals surface area contributed by atoms with Crippen molar-refractivity contribution in [2.45, 2.75) is 17.7 Å². The van der Waals surface area contributed by atoms with Crippen molar-refractivity contribution in [2.75, 3.05) is 16.0 Å². The fourth-order valence-corrected chi connectivity index (χ4v) is 6.40. The molecule has 208 valence electrons. The van der Waals surface area contributed by atoms with Gasteiger partial charge in [-0.25, -0.2) is 4.79 Å². The van der Waals surface area contributed by atoms with Gasteiger partial charge >= 0.3 is 5.97 Å². The maximum atomic E-state index is 13.6. The molecule has 6 nitrogen and oxygen atoms in total. The first-order valence-electron chi connectivity index (χ1n) is 12.3. The Morgan fingerprint density at radius 3 is 1.78 bits per heavy atom. The summed E-state index contributed by atoms with van der Waals surface area (Å²) in [5.41, 5.74) is 3.45. The minimum absolute atomic E-state index is 0.0542. The average molecular weight is 646 g/mol. The van der Waals surface area contributed by atoms with Gasteiger partial charge in [-0.3, -0.25) is 14.5 Å². The molecular formula is C30H20Cl4N2O4S. The number of carboxylic acids is 1. The van der Waals surface area contributed by atoms with Crippen LogP contribution in [0, 0.1) is 0 Å². The van der Waals surface area contributed by atoms with E-state index in [0.29, 0.717) is 5.69 Å². The zero-order valence-electron chi connectivity index (χ0n) is 21.1. The quantitative estimate of drug-likeness (QED) is 0.124. The van der Waals surface area contributed by atoms with Crippen molar-refractivity contribution in [2.24, 2.45) is 0 Å². The van der Waals surface area contributed by atoms with Crippen LogP contribution in [0.15, 0.2) is 77.7 Å². The molecule has 0 saturated carbocycles. The van der Waals surface area contributed by atoms with Crippen LogP contribution in [-0.2, 0) is 17.6 Å². The zero-order chi connectivity index (χ0) is 29.3. The lowest BCUT2D eigenvalue weighted by Crippen LogP contribution is -2.28. The second-order valence-electron chi connectivity index (χ2n) is 9.06. The number of aromatic carboxylic acids is 1.